The second-order valence-corrected chi connectivity index (χ2v) is 5.87. The van der Waals surface area contributed by atoms with Crippen LogP contribution in [0, 0.1) is 0 Å². The van der Waals surface area contributed by atoms with Crippen molar-refractivity contribution in [1.82, 2.24) is 0 Å². The molecule has 5 nitrogen and oxygen atoms in total. The number of ketones is 1. The van der Waals surface area contributed by atoms with Crippen LogP contribution in [-0.2, 0) is 4.74 Å². The summed E-state index contributed by atoms with van der Waals surface area (Å²) in [5, 5.41) is 3.01. The summed E-state index contributed by atoms with van der Waals surface area (Å²) in [6.45, 7) is 4.90. The molecule has 2 aromatic carbocycles. The lowest BCUT2D eigenvalue weighted by atomic mass is 10.1. The van der Waals surface area contributed by atoms with Gasteiger partial charge in [-0.2, -0.15) is 0 Å². The molecular weight excluding hydrogens is 342 g/mol. The monoisotopic (exact) mass is 367 g/mol. The van der Waals surface area contributed by atoms with Crippen molar-refractivity contribution in [3.05, 3.63) is 71.9 Å². The average molecular weight is 367 g/mol. The number of nitrogens with one attached hydrogen (secondary N) is 1. The van der Waals surface area contributed by atoms with Gasteiger partial charge in [-0.1, -0.05) is 13.3 Å². The number of rotatable bonds is 10. The molecule has 0 aliphatic rings. The van der Waals surface area contributed by atoms with Crippen LogP contribution in [0.4, 0.5) is 5.69 Å². The van der Waals surface area contributed by atoms with Crippen LogP contribution in [0.25, 0.3) is 0 Å². The first-order valence-electron chi connectivity index (χ1n) is 9.11. The second-order valence-electron chi connectivity index (χ2n) is 5.87. The van der Waals surface area contributed by atoms with Crippen LogP contribution >= 0.6 is 0 Å². The predicted molar refractivity (Wildman–Crippen MR) is 106 cm³/mol. The van der Waals surface area contributed by atoms with E-state index in [1.807, 2.05) is 0 Å². The van der Waals surface area contributed by atoms with E-state index in [4.69, 9.17) is 9.47 Å². The summed E-state index contributed by atoms with van der Waals surface area (Å²) in [6.07, 6.45) is 5.13. The Morgan fingerprint density at radius 2 is 1.63 bits per heavy atom. The molecule has 0 atom stereocenters. The summed E-state index contributed by atoms with van der Waals surface area (Å²) in [5.41, 5.74) is 1.85. The largest absolute Gasteiger partial charge is 0.494 e. The first-order valence-corrected chi connectivity index (χ1v) is 9.11. The molecule has 0 unspecified atom stereocenters. The van der Waals surface area contributed by atoms with Gasteiger partial charge in [0.2, 0.25) is 0 Å². The Balaban J connectivity index is 1.86. The van der Waals surface area contributed by atoms with Crippen LogP contribution in [0.2, 0.25) is 0 Å². The molecular formula is C22H25NO4. The molecule has 142 valence electrons. The fourth-order valence-electron chi connectivity index (χ4n) is 2.28. The minimum atomic E-state index is -0.350. The summed E-state index contributed by atoms with van der Waals surface area (Å²) < 4.78 is 10.5. The average Bonchev–Trinajstić information content (AvgIpc) is 2.69. The molecule has 0 fully saturated rings. The van der Waals surface area contributed by atoms with Crippen LogP contribution in [0.1, 0.15) is 47.4 Å². The van der Waals surface area contributed by atoms with E-state index in [0.717, 1.165) is 24.3 Å². The number of esters is 1. The number of hydrogen-bond acceptors (Lipinski definition) is 5. The maximum atomic E-state index is 12.2. The third-order valence-corrected chi connectivity index (χ3v) is 3.79. The van der Waals surface area contributed by atoms with Crippen LogP contribution in [0.5, 0.6) is 5.75 Å². The Hall–Kier alpha value is -3.08. The van der Waals surface area contributed by atoms with E-state index in [0.29, 0.717) is 24.3 Å². The van der Waals surface area contributed by atoms with Gasteiger partial charge in [0.1, 0.15) is 5.75 Å². The fraction of sp³-hybridized carbons (Fsp3) is 0.273. The van der Waals surface area contributed by atoms with Crippen LogP contribution < -0.4 is 10.1 Å². The van der Waals surface area contributed by atoms with E-state index >= 15 is 0 Å². The van der Waals surface area contributed by atoms with Crippen molar-refractivity contribution < 1.29 is 19.1 Å². The zero-order valence-corrected chi connectivity index (χ0v) is 15.7. The zero-order chi connectivity index (χ0) is 19.5. The van der Waals surface area contributed by atoms with Gasteiger partial charge in [-0.15, -0.1) is 0 Å². The maximum Gasteiger partial charge on any atom is 0.338 e. The topological polar surface area (TPSA) is 64.6 Å². The van der Waals surface area contributed by atoms with Crippen molar-refractivity contribution in [3.8, 4) is 5.75 Å². The number of carbonyl (C=O) groups excluding carboxylic acids is 2. The van der Waals surface area contributed by atoms with Gasteiger partial charge in [-0.05, 0) is 61.9 Å². The summed E-state index contributed by atoms with van der Waals surface area (Å²) in [6, 6.07) is 14.0. The molecule has 0 saturated heterocycles. The highest BCUT2D eigenvalue weighted by atomic mass is 16.5. The van der Waals surface area contributed by atoms with Gasteiger partial charge < -0.3 is 14.8 Å². The Labute approximate surface area is 160 Å². The molecule has 0 aliphatic carbocycles. The van der Waals surface area contributed by atoms with Crippen molar-refractivity contribution in [2.75, 3.05) is 18.5 Å². The van der Waals surface area contributed by atoms with Gasteiger partial charge in [0.15, 0.2) is 5.78 Å². The normalized spacial score (nSPS) is 10.6. The molecule has 5 heteroatoms. The number of ether oxygens (including phenoxy) is 2. The third-order valence-electron chi connectivity index (χ3n) is 3.79. The van der Waals surface area contributed by atoms with Crippen LogP contribution in [0.15, 0.2) is 60.8 Å². The van der Waals surface area contributed by atoms with E-state index in [-0.39, 0.29) is 11.8 Å². The van der Waals surface area contributed by atoms with Gasteiger partial charge in [-0.3, -0.25) is 4.79 Å². The maximum absolute atomic E-state index is 12.2. The van der Waals surface area contributed by atoms with E-state index in [2.05, 4.69) is 12.2 Å². The second kappa shape index (κ2) is 10.8. The first kappa shape index (κ1) is 20.2. The lowest BCUT2D eigenvalue weighted by molar-refractivity contribution is 0.0526. The van der Waals surface area contributed by atoms with Crippen molar-refractivity contribution >= 4 is 17.4 Å². The Kier molecular flexibility index (Phi) is 8.10. The Bertz CT molecular complexity index is 764. The number of hydrogen-bond donors (Lipinski definition) is 1. The third kappa shape index (κ3) is 6.62. The molecule has 0 radical (unpaired) electrons. The quantitative estimate of drug-likeness (QED) is 0.281. The lowest BCUT2D eigenvalue weighted by Crippen LogP contribution is -2.04. The van der Waals surface area contributed by atoms with Gasteiger partial charge in [0, 0.05) is 23.5 Å². The molecule has 1 N–H and O–H groups in total. The number of carbonyl (C=O) groups is 2. The first-order chi connectivity index (χ1) is 13.1. The molecule has 0 saturated carbocycles. The van der Waals surface area contributed by atoms with Crippen LogP contribution in [-0.4, -0.2) is 25.0 Å². The van der Waals surface area contributed by atoms with Crippen molar-refractivity contribution in [1.29, 1.82) is 0 Å². The van der Waals surface area contributed by atoms with Gasteiger partial charge >= 0.3 is 5.97 Å². The highest BCUT2D eigenvalue weighted by Crippen LogP contribution is 2.14. The molecule has 0 aliphatic heterocycles. The van der Waals surface area contributed by atoms with Gasteiger partial charge in [-0.25, -0.2) is 4.79 Å². The molecule has 2 rings (SSSR count). The van der Waals surface area contributed by atoms with E-state index < -0.39 is 0 Å². The van der Waals surface area contributed by atoms with Crippen molar-refractivity contribution in [3.63, 3.8) is 0 Å². The Morgan fingerprint density at radius 3 is 2.26 bits per heavy atom. The molecule has 0 amide bonds. The lowest BCUT2D eigenvalue weighted by Gasteiger charge is -2.05. The summed E-state index contributed by atoms with van der Waals surface area (Å²) >= 11 is 0. The van der Waals surface area contributed by atoms with E-state index in [1.165, 1.54) is 6.08 Å². The summed E-state index contributed by atoms with van der Waals surface area (Å²) in [4.78, 5) is 23.8. The fourth-order valence-corrected chi connectivity index (χ4v) is 2.28. The van der Waals surface area contributed by atoms with Gasteiger partial charge in [0.05, 0.1) is 18.8 Å². The molecule has 0 aromatic heterocycles. The summed E-state index contributed by atoms with van der Waals surface area (Å²) in [5.74, 6) is 0.312. The molecule has 27 heavy (non-hydrogen) atoms. The summed E-state index contributed by atoms with van der Waals surface area (Å²) in [7, 11) is 0. The Morgan fingerprint density at radius 1 is 0.963 bits per heavy atom. The zero-order valence-electron chi connectivity index (χ0n) is 15.7. The van der Waals surface area contributed by atoms with Crippen molar-refractivity contribution in [2.24, 2.45) is 0 Å². The minimum Gasteiger partial charge on any atom is -0.494 e. The highest BCUT2D eigenvalue weighted by Gasteiger charge is 2.05. The molecule has 0 bridgehead atoms. The predicted octanol–water partition coefficient (Wildman–Crippen LogP) is 4.85. The standard InChI is InChI=1S/C22H25NO4/c1-3-5-16-27-20-12-8-17(9-13-20)21(24)14-15-23-19-10-6-18(7-11-19)22(25)26-4-2/h6-15,23H,3-5,16H2,1-2H3. The van der Waals surface area contributed by atoms with Crippen LogP contribution in [0.3, 0.4) is 0 Å². The molecule has 2 aromatic rings. The number of anilines is 1. The SMILES string of the molecule is CCCCOc1ccc(C(=O)C=CNc2ccc(C(=O)OCC)cc2)cc1. The number of unbranched alkanes of at least 4 members (excludes halogenated alkanes) is 1. The van der Waals surface area contributed by atoms with E-state index in [9.17, 15) is 9.59 Å². The van der Waals surface area contributed by atoms with E-state index in [1.54, 1.807) is 61.7 Å². The van der Waals surface area contributed by atoms with Crippen molar-refractivity contribution in [2.45, 2.75) is 26.7 Å². The number of allylic oxidation sites excluding steroid dienone is 1. The molecule has 0 heterocycles. The highest BCUT2D eigenvalue weighted by molar-refractivity contribution is 6.04. The minimum absolute atomic E-state index is 0.106. The van der Waals surface area contributed by atoms with Gasteiger partial charge in [0.25, 0.3) is 0 Å². The molecule has 0 spiro atoms. The number of benzene rings is 2. The smallest absolute Gasteiger partial charge is 0.338 e.